The van der Waals surface area contributed by atoms with E-state index in [0.717, 1.165) is 6.07 Å². The molecular formula is C22H18F3N3O5. The van der Waals surface area contributed by atoms with Crippen molar-refractivity contribution in [3.05, 3.63) is 64.4 Å². The minimum atomic E-state index is -4.59. The molecule has 1 unspecified atom stereocenters. The number of fused-ring (bicyclic) bond motifs is 1. The van der Waals surface area contributed by atoms with Gasteiger partial charge in [-0.2, -0.15) is 13.2 Å². The third kappa shape index (κ3) is 4.40. The summed E-state index contributed by atoms with van der Waals surface area (Å²) in [6.45, 7) is -0.354. The molecule has 1 fully saturated rings. The summed E-state index contributed by atoms with van der Waals surface area (Å²) in [5, 5.41) is 11.7. The second-order valence-electron chi connectivity index (χ2n) is 7.32. The van der Waals surface area contributed by atoms with Crippen molar-refractivity contribution in [1.29, 1.82) is 0 Å². The van der Waals surface area contributed by atoms with Gasteiger partial charge in [0, 0.05) is 28.9 Å². The lowest BCUT2D eigenvalue weighted by Crippen LogP contribution is -2.38. The third-order valence-electron chi connectivity index (χ3n) is 5.18. The van der Waals surface area contributed by atoms with Crippen molar-refractivity contribution in [2.24, 2.45) is 0 Å². The molecule has 3 N–H and O–H groups in total. The number of carbonyl (C=O) groups is 2. The summed E-state index contributed by atoms with van der Waals surface area (Å²) in [7, 11) is 0. The summed E-state index contributed by atoms with van der Waals surface area (Å²) in [6, 6.07) is 10.8. The molecule has 0 aliphatic carbocycles. The second kappa shape index (κ2) is 8.58. The first kappa shape index (κ1) is 22.3. The molecule has 1 aromatic heterocycles. The molecule has 11 heteroatoms. The van der Waals surface area contributed by atoms with Crippen molar-refractivity contribution in [2.45, 2.75) is 12.3 Å². The van der Waals surface area contributed by atoms with Gasteiger partial charge in [0.05, 0.1) is 18.7 Å². The standard InChI is InChI=1S/C22H18F3N3O5/c23-22(24,25)16-4-2-1-3-14(16)17-9-12-5-6-13(10-15(12)19(30)27-17)28-11-18(33-21(28)32)20(31)26-7-8-29/h1-6,9-10,18,29H,7-8,11H2,(H,26,31)(H,27,30). The Morgan fingerprint density at radius 2 is 1.94 bits per heavy atom. The Kier molecular flexibility index (Phi) is 5.81. The molecule has 2 heterocycles. The number of alkyl halides is 3. The van der Waals surface area contributed by atoms with E-state index in [1.807, 2.05) is 0 Å². The Labute approximate surface area is 184 Å². The SMILES string of the molecule is O=C(NCCO)C1CN(c2ccc3cc(-c4ccccc4C(F)(F)F)[nH]c(=O)c3c2)C(=O)O1. The average molecular weight is 461 g/mol. The zero-order chi connectivity index (χ0) is 23.8. The van der Waals surface area contributed by atoms with Gasteiger partial charge in [0.1, 0.15) is 0 Å². The van der Waals surface area contributed by atoms with Crippen LogP contribution in [0.1, 0.15) is 5.56 Å². The number of pyridine rings is 1. The van der Waals surface area contributed by atoms with E-state index in [1.165, 1.54) is 47.4 Å². The minimum Gasteiger partial charge on any atom is -0.434 e. The number of amides is 2. The van der Waals surface area contributed by atoms with Gasteiger partial charge in [-0.05, 0) is 29.7 Å². The van der Waals surface area contributed by atoms with Crippen LogP contribution in [-0.4, -0.2) is 47.9 Å². The molecule has 33 heavy (non-hydrogen) atoms. The van der Waals surface area contributed by atoms with Crippen molar-refractivity contribution in [3.8, 4) is 11.3 Å². The van der Waals surface area contributed by atoms with Crippen molar-refractivity contribution < 1.29 is 32.6 Å². The fraction of sp³-hybridized carbons (Fsp3) is 0.227. The van der Waals surface area contributed by atoms with Gasteiger partial charge in [-0.1, -0.05) is 24.3 Å². The number of anilines is 1. The second-order valence-corrected chi connectivity index (χ2v) is 7.32. The molecular weight excluding hydrogens is 443 g/mol. The van der Waals surface area contributed by atoms with Crippen LogP contribution in [-0.2, 0) is 15.7 Å². The Morgan fingerprint density at radius 3 is 2.67 bits per heavy atom. The molecule has 8 nitrogen and oxygen atoms in total. The quantitative estimate of drug-likeness (QED) is 0.541. The summed E-state index contributed by atoms with van der Waals surface area (Å²) < 4.78 is 45.2. The van der Waals surface area contributed by atoms with Gasteiger partial charge in [-0.3, -0.25) is 14.5 Å². The monoisotopic (exact) mass is 461 g/mol. The molecule has 0 bridgehead atoms. The van der Waals surface area contributed by atoms with Crippen molar-refractivity contribution in [2.75, 3.05) is 24.6 Å². The molecule has 2 aromatic carbocycles. The van der Waals surface area contributed by atoms with Gasteiger partial charge in [0.2, 0.25) is 0 Å². The molecule has 4 rings (SSSR count). The van der Waals surface area contributed by atoms with Gasteiger partial charge < -0.3 is 20.1 Å². The smallest absolute Gasteiger partial charge is 0.417 e. The van der Waals surface area contributed by atoms with E-state index in [4.69, 9.17) is 9.84 Å². The zero-order valence-corrected chi connectivity index (χ0v) is 17.0. The van der Waals surface area contributed by atoms with Crippen LogP contribution >= 0.6 is 0 Å². The molecule has 0 radical (unpaired) electrons. The average Bonchev–Trinajstić information content (AvgIpc) is 3.18. The lowest BCUT2D eigenvalue weighted by molar-refractivity contribution is -0.137. The first-order valence-electron chi connectivity index (χ1n) is 9.89. The first-order valence-corrected chi connectivity index (χ1v) is 9.89. The van der Waals surface area contributed by atoms with Crippen LogP contribution in [0.2, 0.25) is 0 Å². The third-order valence-corrected chi connectivity index (χ3v) is 5.18. The van der Waals surface area contributed by atoms with E-state index in [0.29, 0.717) is 11.1 Å². The van der Waals surface area contributed by atoms with Gasteiger partial charge in [-0.15, -0.1) is 0 Å². The van der Waals surface area contributed by atoms with Crippen molar-refractivity contribution in [1.82, 2.24) is 10.3 Å². The Hall–Kier alpha value is -3.86. The number of benzene rings is 2. The number of aromatic nitrogens is 1. The number of H-pyrrole nitrogens is 1. The minimum absolute atomic E-state index is 0.00868. The van der Waals surface area contributed by atoms with E-state index < -0.39 is 35.4 Å². The number of halogens is 3. The van der Waals surface area contributed by atoms with Gasteiger partial charge in [0.25, 0.3) is 11.5 Å². The molecule has 2 amide bonds. The van der Waals surface area contributed by atoms with Crippen LogP contribution in [0.5, 0.6) is 0 Å². The van der Waals surface area contributed by atoms with Gasteiger partial charge in [-0.25, -0.2) is 4.79 Å². The van der Waals surface area contributed by atoms with Crippen LogP contribution in [0.15, 0.2) is 53.3 Å². The number of carbonyl (C=O) groups excluding carboxylic acids is 2. The molecule has 1 aliphatic rings. The summed E-state index contributed by atoms with van der Waals surface area (Å²) in [5.74, 6) is -0.563. The predicted molar refractivity (Wildman–Crippen MR) is 113 cm³/mol. The van der Waals surface area contributed by atoms with E-state index in [9.17, 15) is 27.6 Å². The maximum absolute atomic E-state index is 13.4. The Morgan fingerprint density at radius 1 is 1.18 bits per heavy atom. The Balaban J connectivity index is 1.67. The number of hydrogen-bond donors (Lipinski definition) is 3. The number of hydrogen-bond acceptors (Lipinski definition) is 5. The highest BCUT2D eigenvalue weighted by molar-refractivity contribution is 5.98. The van der Waals surface area contributed by atoms with E-state index in [2.05, 4.69) is 10.3 Å². The normalized spacial score (nSPS) is 16.2. The van der Waals surface area contributed by atoms with Crippen molar-refractivity contribution >= 4 is 28.5 Å². The highest BCUT2D eigenvalue weighted by Gasteiger charge is 2.37. The summed E-state index contributed by atoms with van der Waals surface area (Å²) in [6.07, 6.45) is -6.47. The highest BCUT2D eigenvalue weighted by atomic mass is 19.4. The van der Waals surface area contributed by atoms with Crippen LogP contribution in [0.4, 0.5) is 23.7 Å². The fourth-order valence-electron chi connectivity index (χ4n) is 3.63. The maximum atomic E-state index is 13.4. The molecule has 0 spiro atoms. The molecule has 1 aliphatic heterocycles. The predicted octanol–water partition coefficient (Wildman–Crippen LogP) is 2.65. The summed E-state index contributed by atoms with van der Waals surface area (Å²) >= 11 is 0. The first-order chi connectivity index (χ1) is 15.7. The summed E-state index contributed by atoms with van der Waals surface area (Å²) in [4.78, 5) is 40.6. The van der Waals surface area contributed by atoms with E-state index in [-0.39, 0.29) is 36.3 Å². The van der Waals surface area contributed by atoms with Crippen LogP contribution < -0.4 is 15.8 Å². The number of rotatable bonds is 5. The molecule has 172 valence electrons. The Bertz CT molecular complexity index is 1290. The van der Waals surface area contributed by atoms with E-state index >= 15 is 0 Å². The summed E-state index contributed by atoms with van der Waals surface area (Å²) in [5.41, 5.74) is -1.37. The van der Waals surface area contributed by atoms with Crippen LogP contribution in [0.25, 0.3) is 22.0 Å². The number of cyclic esters (lactones) is 1. The molecule has 0 saturated carbocycles. The van der Waals surface area contributed by atoms with Crippen molar-refractivity contribution in [3.63, 3.8) is 0 Å². The van der Waals surface area contributed by atoms with E-state index in [1.54, 1.807) is 0 Å². The fourth-order valence-corrected chi connectivity index (χ4v) is 3.63. The number of ether oxygens (including phenoxy) is 1. The van der Waals surface area contributed by atoms with Crippen LogP contribution in [0.3, 0.4) is 0 Å². The number of aliphatic hydroxyl groups is 1. The number of aromatic amines is 1. The lowest BCUT2D eigenvalue weighted by Gasteiger charge is -2.15. The van der Waals surface area contributed by atoms with Crippen LogP contribution in [0, 0.1) is 0 Å². The molecule has 3 aromatic rings. The molecule has 1 atom stereocenters. The lowest BCUT2D eigenvalue weighted by atomic mass is 10.0. The number of nitrogens with one attached hydrogen (secondary N) is 2. The highest BCUT2D eigenvalue weighted by Crippen LogP contribution is 2.36. The topological polar surface area (TPSA) is 112 Å². The number of nitrogens with zero attached hydrogens (tertiary/aromatic N) is 1. The largest absolute Gasteiger partial charge is 0.434 e. The number of aliphatic hydroxyl groups excluding tert-OH is 1. The zero-order valence-electron chi connectivity index (χ0n) is 17.0. The van der Waals surface area contributed by atoms with Gasteiger partial charge in [0.15, 0.2) is 6.10 Å². The molecule has 1 saturated heterocycles. The maximum Gasteiger partial charge on any atom is 0.417 e. The van der Waals surface area contributed by atoms with Gasteiger partial charge >= 0.3 is 12.3 Å².